The first-order valence-corrected chi connectivity index (χ1v) is 10.3. The molecule has 2 aliphatic rings. The third kappa shape index (κ3) is 3.85. The minimum atomic E-state index is 0.134. The molecule has 4 rings (SSSR count). The lowest BCUT2D eigenvalue weighted by Crippen LogP contribution is -2.39. The molecular weight excluding hydrogens is 334 g/mol. The van der Waals surface area contributed by atoms with Gasteiger partial charge in [-0.05, 0) is 74.8 Å². The number of carbonyl (C=O) groups excluding carboxylic acids is 1. The smallest absolute Gasteiger partial charge is 0.254 e. The Balaban J connectivity index is 1.59. The minimum absolute atomic E-state index is 0.134. The Morgan fingerprint density at radius 2 is 1.74 bits per heavy atom. The Bertz CT molecular complexity index is 783. The van der Waals surface area contributed by atoms with Crippen molar-refractivity contribution in [2.75, 3.05) is 24.5 Å². The number of likely N-dealkylation sites (tertiary alicyclic amines) is 1. The van der Waals surface area contributed by atoms with Gasteiger partial charge in [0.25, 0.3) is 5.91 Å². The fourth-order valence-corrected chi connectivity index (χ4v) is 4.44. The predicted octanol–water partition coefficient (Wildman–Crippen LogP) is 4.75. The van der Waals surface area contributed by atoms with E-state index in [1.807, 2.05) is 36.5 Å². The topological polar surface area (TPSA) is 36.4 Å². The fourth-order valence-electron chi connectivity index (χ4n) is 4.44. The second-order valence-corrected chi connectivity index (χ2v) is 7.82. The summed E-state index contributed by atoms with van der Waals surface area (Å²) < 4.78 is 0. The quantitative estimate of drug-likeness (QED) is 0.790. The van der Waals surface area contributed by atoms with Crippen LogP contribution < -0.4 is 4.90 Å². The first-order chi connectivity index (χ1) is 13.2. The highest BCUT2D eigenvalue weighted by Gasteiger charge is 2.30. The van der Waals surface area contributed by atoms with Crippen molar-refractivity contribution >= 4 is 11.7 Å². The molecule has 1 amide bonds. The van der Waals surface area contributed by atoms with E-state index in [9.17, 15) is 4.79 Å². The van der Waals surface area contributed by atoms with Gasteiger partial charge in [0.15, 0.2) is 0 Å². The number of rotatable bonds is 3. The number of pyridine rings is 1. The van der Waals surface area contributed by atoms with Crippen LogP contribution in [-0.2, 0) is 0 Å². The molecule has 1 aromatic heterocycles. The number of piperidine rings is 2. The summed E-state index contributed by atoms with van der Waals surface area (Å²) in [6.45, 7) is 5.21. The molecule has 2 saturated heterocycles. The number of amides is 1. The van der Waals surface area contributed by atoms with E-state index in [0.717, 1.165) is 50.3 Å². The molecule has 1 atom stereocenters. The summed E-state index contributed by atoms with van der Waals surface area (Å²) in [4.78, 5) is 22.4. The molecule has 0 bridgehead atoms. The van der Waals surface area contributed by atoms with Crippen LogP contribution >= 0.6 is 0 Å². The first kappa shape index (κ1) is 18.0. The van der Waals surface area contributed by atoms with Crippen LogP contribution in [-0.4, -0.2) is 35.4 Å². The summed E-state index contributed by atoms with van der Waals surface area (Å²) in [5, 5.41) is 0. The summed E-state index contributed by atoms with van der Waals surface area (Å²) in [6, 6.07) is 12.0. The number of anilines is 1. The summed E-state index contributed by atoms with van der Waals surface area (Å²) in [5.41, 5.74) is 3.24. The van der Waals surface area contributed by atoms with Crippen LogP contribution in [0.25, 0.3) is 0 Å². The van der Waals surface area contributed by atoms with Gasteiger partial charge in [-0.15, -0.1) is 0 Å². The van der Waals surface area contributed by atoms with Gasteiger partial charge >= 0.3 is 0 Å². The highest BCUT2D eigenvalue weighted by molar-refractivity contribution is 5.94. The maximum Gasteiger partial charge on any atom is 0.254 e. The van der Waals surface area contributed by atoms with Crippen LogP contribution in [0.15, 0.2) is 42.6 Å². The number of benzene rings is 1. The number of hydrogen-bond donors (Lipinski definition) is 0. The maximum atomic E-state index is 13.1. The lowest BCUT2D eigenvalue weighted by Gasteiger charge is -2.37. The molecule has 0 N–H and O–H groups in total. The van der Waals surface area contributed by atoms with Gasteiger partial charge in [0.2, 0.25) is 0 Å². The van der Waals surface area contributed by atoms with Gasteiger partial charge in [-0.3, -0.25) is 4.79 Å². The largest absolute Gasteiger partial charge is 0.357 e. The molecule has 0 aliphatic carbocycles. The van der Waals surface area contributed by atoms with Crippen molar-refractivity contribution in [3.63, 3.8) is 0 Å². The monoisotopic (exact) mass is 363 g/mol. The number of aromatic nitrogens is 1. The molecule has 27 heavy (non-hydrogen) atoms. The van der Waals surface area contributed by atoms with Gasteiger partial charge in [-0.1, -0.05) is 18.2 Å². The number of aryl methyl sites for hydroxylation is 1. The molecular formula is C23H29N3O. The van der Waals surface area contributed by atoms with E-state index < -0.39 is 0 Å². The van der Waals surface area contributed by atoms with Crippen molar-refractivity contribution in [3.05, 3.63) is 59.3 Å². The Morgan fingerprint density at radius 1 is 1.00 bits per heavy atom. The lowest BCUT2D eigenvalue weighted by molar-refractivity contribution is 0.0610. The first-order valence-electron chi connectivity index (χ1n) is 10.3. The summed E-state index contributed by atoms with van der Waals surface area (Å²) in [7, 11) is 0. The van der Waals surface area contributed by atoms with Gasteiger partial charge in [-0.25, -0.2) is 4.98 Å². The van der Waals surface area contributed by atoms with Crippen LogP contribution in [0.3, 0.4) is 0 Å². The second-order valence-electron chi connectivity index (χ2n) is 7.82. The third-order valence-electron chi connectivity index (χ3n) is 5.96. The minimum Gasteiger partial charge on any atom is -0.357 e. The molecule has 0 saturated carbocycles. The van der Waals surface area contributed by atoms with Gasteiger partial charge in [0, 0.05) is 31.4 Å². The average Bonchev–Trinajstić information content (AvgIpc) is 2.74. The van der Waals surface area contributed by atoms with E-state index in [1.165, 1.54) is 30.4 Å². The molecule has 0 unspecified atom stereocenters. The standard InChI is InChI=1S/C23H29N3O/c1-18-16-22(25-13-7-3-8-14-25)24-17-20(18)21-12-6-9-15-26(21)23(27)19-10-4-2-5-11-19/h2,4-5,10-11,16-17,21H,3,6-9,12-15H2,1H3/t21-/m1/s1. The van der Waals surface area contributed by atoms with E-state index in [4.69, 9.17) is 4.98 Å². The molecule has 0 radical (unpaired) electrons. The van der Waals surface area contributed by atoms with Crippen molar-refractivity contribution in [2.24, 2.45) is 0 Å². The Morgan fingerprint density at radius 3 is 2.48 bits per heavy atom. The zero-order valence-corrected chi connectivity index (χ0v) is 16.2. The van der Waals surface area contributed by atoms with Crippen LogP contribution in [0, 0.1) is 6.92 Å². The van der Waals surface area contributed by atoms with Crippen LogP contribution in [0.4, 0.5) is 5.82 Å². The van der Waals surface area contributed by atoms with Crippen molar-refractivity contribution in [1.29, 1.82) is 0 Å². The highest BCUT2D eigenvalue weighted by atomic mass is 16.2. The molecule has 142 valence electrons. The van der Waals surface area contributed by atoms with Gasteiger partial charge in [-0.2, -0.15) is 0 Å². The SMILES string of the molecule is Cc1cc(N2CCCCC2)ncc1[C@H]1CCCCN1C(=O)c1ccccc1. The zero-order valence-electron chi connectivity index (χ0n) is 16.2. The van der Waals surface area contributed by atoms with Crippen LogP contribution in [0.2, 0.25) is 0 Å². The van der Waals surface area contributed by atoms with Gasteiger partial charge in [0.05, 0.1) is 6.04 Å². The van der Waals surface area contributed by atoms with E-state index in [1.54, 1.807) is 0 Å². The number of hydrogen-bond acceptors (Lipinski definition) is 3. The second kappa shape index (κ2) is 8.12. The van der Waals surface area contributed by atoms with E-state index in [2.05, 4.69) is 22.8 Å². The van der Waals surface area contributed by atoms with E-state index in [-0.39, 0.29) is 11.9 Å². The van der Waals surface area contributed by atoms with Gasteiger partial charge < -0.3 is 9.80 Å². The Hall–Kier alpha value is -2.36. The Kier molecular flexibility index (Phi) is 5.42. The average molecular weight is 364 g/mol. The van der Waals surface area contributed by atoms with Crippen molar-refractivity contribution < 1.29 is 4.79 Å². The Labute approximate surface area is 162 Å². The van der Waals surface area contributed by atoms with Crippen LogP contribution in [0.1, 0.15) is 66.1 Å². The molecule has 1 aromatic carbocycles. The zero-order chi connectivity index (χ0) is 18.6. The molecule has 2 aliphatic heterocycles. The van der Waals surface area contributed by atoms with Crippen molar-refractivity contribution in [2.45, 2.75) is 51.5 Å². The summed E-state index contributed by atoms with van der Waals surface area (Å²) >= 11 is 0. The predicted molar refractivity (Wildman–Crippen MR) is 109 cm³/mol. The lowest BCUT2D eigenvalue weighted by atomic mass is 9.92. The van der Waals surface area contributed by atoms with Crippen molar-refractivity contribution in [1.82, 2.24) is 9.88 Å². The molecule has 4 nitrogen and oxygen atoms in total. The highest BCUT2D eigenvalue weighted by Crippen LogP contribution is 2.34. The molecule has 0 spiro atoms. The maximum absolute atomic E-state index is 13.1. The van der Waals surface area contributed by atoms with E-state index in [0.29, 0.717) is 0 Å². The third-order valence-corrected chi connectivity index (χ3v) is 5.96. The van der Waals surface area contributed by atoms with Crippen molar-refractivity contribution in [3.8, 4) is 0 Å². The molecule has 4 heteroatoms. The fraction of sp³-hybridized carbons (Fsp3) is 0.478. The number of nitrogens with zero attached hydrogens (tertiary/aromatic N) is 3. The molecule has 2 fully saturated rings. The summed E-state index contributed by atoms with van der Waals surface area (Å²) in [5.74, 6) is 1.23. The summed E-state index contributed by atoms with van der Waals surface area (Å²) in [6.07, 6.45) is 9.12. The molecule has 2 aromatic rings. The number of carbonyl (C=O) groups is 1. The normalized spacial score (nSPS) is 20.6. The van der Waals surface area contributed by atoms with E-state index >= 15 is 0 Å². The van der Waals surface area contributed by atoms with Crippen LogP contribution in [0.5, 0.6) is 0 Å². The molecule has 3 heterocycles. The van der Waals surface area contributed by atoms with Gasteiger partial charge in [0.1, 0.15) is 5.82 Å².